The van der Waals surface area contributed by atoms with Crippen LogP contribution < -0.4 is 4.90 Å². The fourth-order valence-corrected chi connectivity index (χ4v) is 6.37. The molecule has 0 spiro atoms. The van der Waals surface area contributed by atoms with Crippen LogP contribution in [0.25, 0.3) is 5.57 Å². The highest BCUT2D eigenvalue weighted by Crippen LogP contribution is 2.39. The van der Waals surface area contributed by atoms with Gasteiger partial charge >= 0.3 is 5.97 Å². The fourth-order valence-electron chi connectivity index (χ4n) is 5.02. The van der Waals surface area contributed by atoms with Crippen LogP contribution >= 0.6 is 12.0 Å². The van der Waals surface area contributed by atoms with E-state index in [9.17, 15) is 31.5 Å². The van der Waals surface area contributed by atoms with E-state index < -0.39 is 37.7 Å². The molecule has 18 heteroatoms. The average molecular weight is 718 g/mol. The third kappa shape index (κ3) is 12.3. The average Bonchev–Trinajstić information content (AvgIpc) is 2.99. The predicted octanol–water partition coefficient (Wildman–Crippen LogP) is 3.10. The molecule has 258 valence electrons. The summed E-state index contributed by atoms with van der Waals surface area (Å²) in [4.78, 5) is 25.9. The molecule has 0 aliphatic heterocycles. The Labute approximate surface area is 276 Å². The van der Waals surface area contributed by atoms with Gasteiger partial charge in [0.25, 0.3) is 20.2 Å². The maximum Gasteiger partial charge on any atom is 0.303 e. The molecule has 0 bridgehead atoms. The largest absolute Gasteiger partial charge is 0.506 e. The number of carboxylic acids is 1. The van der Waals surface area contributed by atoms with Crippen molar-refractivity contribution >= 4 is 61.0 Å². The highest BCUT2D eigenvalue weighted by Gasteiger charge is 2.36. The number of anilines is 1. The Morgan fingerprint density at radius 2 is 1.45 bits per heavy atom. The lowest BCUT2D eigenvalue weighted by Crippen LogP contribution is -2.28. The predicted molar refractivity (Wildman–Crippen MR) is 174 cm³/mol. The lowest BCUT2D eigenvalue weighted by molar-refractivity contribution is -0.526. The zero-order valence-electron chi connectivity index (χ0n) is 25.2. The first kappa shape index (κ1) is 38.1. The van der Waals surface area contributed by atoms with Crippen molar-refractivity contribution in [1.29, 1.82) is 0 Å². The molecule has 0 amide bonds. The molecule has 0 aromatic heterocycles. The second-order valence-electron chi connectivity index (χ2n) is 10.6. The summed E-state index contributed by atoms with van der Waals surface area (Å²) in [7, 11) is -8.28. The van der Waals surface area contributed by atoms with Gasteiger partial charge in [0.15, 0.2) is 5.71 Å². The van der Waals surface area contributed by atoms with Crippen LogP contribution in [0.5, 0.6) is 0 Å². The van der Waals surface area contributed by atoms with E-state index in [4.69, 9.17) is 19.5 Å². The van der Waals surface area contributed by atoms with E-state index in [2.05, 4.69) is 9.37 Å². The van der Waals surface area contributed by atoms with E-state index in [0.717, 1.165) is 12.0 Å². The molecule has 47 heavy (non-hydrogen) atoms. The molecule has 15 nitrogen and oxygen atoms in total. The number of allylic oxidation sites excluding steroid dienone is 7. The van der Waals surface area contributed by atoms with Gasteiger partial charge in [0.2, 0.25) is 5.78 Å². The number of carbonyl (C=O) groups excluding carboxylic acids is 1. The minimum absolute atomic E-state index is 0.0797. The van der Waals surface area contributed by atoms with Crippen LogP contribution in [-0.4, -0.2) is 107 Å². The summed E-state index contributed by atoms with van der Waals surface area (Å²) in [6, 6.07) is 6.63. The maximum absolute atomic E-state index is 13.2. The van der Waals surface area contributed by atoms with E-state index >= 15 is 0 Å². The minimum atomic E-state index is -4.15. The molecule has 0 atom stereocenters. The van der Waals surface area contributed by atoms with E-state index in [0.29, 0.717) is 60.8 Å². The van der Waals surface area contributed by atoms with Gasteiger partial charge in [-0.25, -0.2) is 9.83 Å². The molecular weight excluding hydrogens is 681 g/mol. The third-order valence-electron chi connectivity index (χ3n) is 7.18. The Balaban J connectivity index is 1.77. The minimum Gasteiger partial charge on any atom is -0.506 e. The third-order valence-corrected chi connectivity index (χ3v) is 9.41. The summed E-state index contributed by atoms with van der Waals surface area (Å²) < 4.78 is 69.0. The van der Waals surface area contributed by atoms with Gasteiger partial charge in [-0.05, 0) is 48.3 Å². The van der Waals surface area contributed by atoms with Gasteiger partial charge in [-0.15, -0.1) is 4.33 Å². The smallest absolute Gasteiger partial charge is 0.303 e. The van der Waals surface area contributed by atoms with Crippen LogP contribution in [0.3, 0.4) is 0 Å². The molecule has 2 aliphatic rings. The Morgan fingerprint density at radius 3 is 2.02 bits per heavy atom. The first-order valence-corrected chi connectivity index (χ1v) is 18.6. The summed E-state index contributed by atoms with van der Waals surface area (Å²) in [5.74, 6) is -1.92. The Kier molecular flexibility index (Phi) is 14.3. The van der Waals surface area contributed by atoms with Crippen LogP contribution in [0.15, 0.2) is 65.5 Å². The number of aliphatic hydroxyl groups is 1. The Morgan fingerprint density at radius 1 is 0.851 bits per heavy atom. The van der Waals surface area contributed by atoms with Gasteiger partial charge in [0.1, 0.15) is 18.8 Å². The van der Waals surface area contributed by atoms with Crippen molar-refractivity contribution in [1.82, 2.24) is 0 Å². The lowest BCUT2D eigenvalue weighted by atomic mass is 9.80. The molecule has 2 aliphatic carbocycles. The van der Waals surface area contributed by atoms with Crippen molar-refractivity contribution in [3.63, 3.8) is 0 Å². The number of hydrogen-bond acceptors (Lipinski definition) is 12. The maximum atomic E-state index is 13.2. The van der Waals surface area contributed by atoms with Gasteiger partial charge in [-0.2, -0.15) is 16.8 Å². The number of benzene rings is 1. The van der Waals surface area contributed by atoms with Crippen molar-refractivity contribution in [3.05, 3.63) is 71.0 Å². The van der Waals surface area contributed by atoms with Crippen LogP contribution in [0.2, 0.25) is 0 Å². The summed E-state index contributed by atoms with van der Waals surface area (Å²) >= 11 is 0.885. The summed E-state index contributed by atoms with van der Waals surface area (Å²) in [5, 5.41) is 31.7. The van der Waals surface area contributed by atoms with Crippen LogP contribution in [-0.2, 0) is 39.2 Å². The number of aliphatic carboxylic acids is 1. The standard InChI is InChI=1S/C29H36N2O13S3/c32-25(33)5-1-14-30(16-3-19-46(37,38)39)23-10-6-21(7-11-23)26-28(34)27(29(26)35)22-8-12-24(13-9-22)31(15-2-18-45-44-43-36)17-4-20-47(40,41)42/h6-13H,1-5,14-20H2,(H4-,32,33,34,35,36,37,38,39,40,41,42)/p+1. The monoisotopic (exact) mass is 717 g/mol. The van der Waals surface area contributed by atoms with Gasteiger partial charge in [-0.1, -0.05) is 17.2 Å². The number of ketones is 1. The van der Waals surface area contributed by atoms with Gasteiger partial charge in [0.05, 0.1) is 22.7 Å². The lowest BCUT2D eigenvalue weighted by Gasteiger charge is -2.26. The highest BCUT2D eigenvalue weighted by atomic mass is 32.2. The molecule has 3 rings (SSSR count). The van der Waals surface area contributed by atoms with Crippen LogP contribution in [0, 0.1) is 0 Å². The number of nitrogens with zero attached hydrogens (tertiary/aromatic N) is 2. The quantitative estimate of drug-likeness (QED) is 0.0248. The molecule has 1 aromatic carbocycles. The van der Waals surface area contributed by atoms with E-state index in [1.807, 2.05) is 4.58 Å². The van der Waals surface area contributed by atoms with Gasteiger partial charge in [-0.3, -0.25) is 18.7 Å². The number of carboxylic acid groups (broad SMARTS) is 1. The SMILES string of the molecule is O=C(O)CCCN(CCCS(=O)(=O)O)c1ccc(C2=C(O)C(=C3C=CC(=[N+](CCCSOOO)CCCS(=O)(=O)O)C=C3)C2=O)cc1. The van der Waals surface area contributed by atoms with E-state index in [1.165, 1.54) is 0 Å². The molecular formula is C29H37N2O13S3+. The molecule has 0 saturated heterocycles. The molecule has 0 fully saturated rings. The highest BCUT2D eigenvalue weighted by molar-refractivity contribution is 7.94. The molecule has 0 radical (unpaired) electrons. The second kappa shape index (κ2) is 17.7. The molecule has 0 saturated carbocycles. The zero-order valence-corrected chi connectivity index (χ0v) is 27.7. The van der Waals surface area contributed by atoms with E-state index in [-0.39, 0.29) is 48.5 Å². The number of rotatable bonds is 20. The first-order chi connectivity index (χ1) is 22.2. The normalized spacial score (nSPS) is 15.0. The first-order valence-electron chi connectivity index (χ1n) is 14.5. The molecule has 1 aromatic rings. The van der Waals surface area contributed by atoms with Crippen LogP contribution in [0.4, 0.5) is 5.69 Å². The Bertz CT molecular complexity index is 1660. The molecule has 5 N–H and O–H groups in total. The summed E-state index contributed by atoms with van der Waals surface area (Å²) in [6.45, 7) is 1.34. The van der Waals surface area contributed by atoms with Crippen molar-refractivity contribution in [2.24, 2.45) is 0 Å². The number of hydrogen-bond donors (Lipinski definition) is 5. The van der Waals surface area contributed by atoms with Gasteiger partial charge < -0.3 is 15.1 Å². The summed E-state index contributed by atoms with van der Waals surface area (Å²) in [6.07, 6.45) is 7.86. The van der Waals surface area contributed by atoms with Crippen molar-refractivity contribution in [2.75, 3.05) is 48.3 Å². The number of aliphatic hydroxyl groups excluding tert-OH is 1. The fraction of sp³-hybridized carbons (Fsp3) is 0.414. The van der Waals surface area contributed by atoms with Crippen molar-refractivity contribution < 1.29 is 64.9 Å². The second-order valence-corrected chi connectivity index (χ2v) is 14.5. The van der Waals surface area contributed by atoms with Crippen molar-refractivity contribution in [3.8, 4) is 0 Å². The number of Topliss-reactive ketones (excluding diaryl/α,β-unsaturated/α-hetero) is 1. The topological polar surface area (TPSA) is 228 Å². The Hall–Kier alpha value is -3.36. The zero-order chi connectivity index (χ0) is 34.6. The van der Waals surface area contributed by atoms with Crippen molar-refractivity contribution in [2.45, 2.75) is 32.1 Å². The molecule has 0 heterocycles. The van der Waals surface area contributed by atoms with Crippen LogP contribution in [0.1, 0.15) is 37.7 Å². The van der Waals surface area contributed by atoms with Gasteiger partial charge in [0, 0.05) is 68.0 Å². The summed E-state index contributed by atoms with van der Waals surface area (Å²) in [5.41, 5.74) is 2.55. The van der Waals surface area contributed by atoms with E-state index in [1.54, 1.807) is 53.5 Å². The number of carbonyl (C=O) groups is 2. The molecule has 0 unspecified atom stereocenters.